The molecule has 0 saturated carbocycles. The van der Waals surface area contributed by atoms with Crippen molar-refractivity contribution in [3.63, 3.8) is 0 Å². The lowest BCUT2D eigenvalue weighted by atomic mass is 10.1. The van der Waals surface area contributed by atoms with Crippen LogP contribution in [0.5, 0.6) is 0 Å². The number of carboxylic acids is 1. The van der Waals surface area contributed by atoms with Gasteiger partial charge in [0.05, 0.1) is 0 Å². The summed E-state index contributed by atoms with van der Waals surface area (Å²) in [5.41, 5.74) is 5.32. The van der Waals surface area contributed by atoms with Crippen LogP contribution in [-0.2, 0) is 14.4 Å². The Morgan fingerprint density at radius 1 is 1.50 bits per heavy atom. The van der Waals surface area contributed by atoms with Crippen molar-refractivity contribution in [1.82, 2.24) is 10.6 Å². The number of hydrogen-bond acceptors (Lipinski definition) is 4. The molecule has 1 rings (SSSR count). The predicted molar refractivity (Wildman–Crippen MR) is 63.6 cm³/mol. The topological polar surface area (TPSA) is 122 Å². The van der Waals surface area contributed by atoms with E-state index < -0.39 is 24.0 Å². The number of carbonyl (C=O) groups excluding carboxylic acids is 2. The summed E-state index contributed by atoms with van der Waals surface area (Å²) in [7, 11) is 0. The number of hydrogen-bond donors (Lipinski definition) is 4. The van der Waals surface area contributed by atoms with Crippen molar-refractivity contribution >= 4 is 17.8 Å². The molecule has 0 aromatic rings. The molecule has 0 bridgehead atoms. The highest BCUT2D eigenvalue weighted by Crippen LogP contribution is 2.08. The summed E-state index contributed by atoms with van der Waals surface area (Å²) in [5.74, 6) is -1.67. The molecule has 7 nitrogen and oxygen atoms in total. The van der Waals surface area contributed by atoms with Crippen molar-refractivity contribution in [2.75, 3.05) is 6.54 Å². The SMILES string of the molecule is NCCCCC(NC(=O)C1CCC(=O)N1)C(=O)O. The second-order valence-electron chi connectivity index (χ2n) is 4.34. The fourth-order valence-corrected chi connectivity index (χ4v) is 1.83. The van der Waals surface area contributed by atoms with Crippen LogP contribution < -0.4 is 16.4 Å². The quantitative estimate of drug-likeness (QED) is 0.434. The third-order valence-corrected chi connectivity index (χ3v) is 2.87. The fourth-order valence-electron chi connectivity index (χ4n) is 1.83. The van der Waals surface area contributed by atoms with Gasteiger partial charge in [-0.25, -0.2) is 4.79 Å². The van der Waals surface area contributed by atoms with Crippen molar-refractivity contribution in [1.29, 1.82) is 0 Å². The molecule has 1 fully saturated rings. The minimum atomic E-state index is -1.07. The number of aliphatic carboxylic acids is 1. The van der Waals surface area contributed by atoms with E-state index >= 15 is 0 Å². The molecule has 0 spiro atoms. The lowest BCUT2D eigenvalue weighted by molar-refractivity contribution is -0.142. The van der Waals surface area contributed by atoms with E-state index in [0.29, 0.717) is 32.2 Å². The van der Waals surface area contributed by atoms with Crippen LogP contribution in [0, 0.1) is 0 Å². The van der Waals surface area contributed by atoms with Gasteiger partial charge in [0.15, 0.2) is 0 Å². The third kappa shape index (κ3) is 4.33. The molecular weight excluding hydrogens is 238 g/mol. The highest BCUT2D eigenvalue weighted by Gasteiger charge is 2.30. The molecule has 7 heteroatoms. The number of carboxylic acid groups (broad SMARTS) is 1. The molecule has 1 heterocycles. The molecule has 2 amide bonds. The molecule has 1 aliphatic rings. The minimum absolute atomic E-state index is 0.176. The lowest BCUT2D eigenvalue weighted by Gasteiger charge is -2.17. The second-order valence-corrected chi connectivity index (χ2v) is 4.34. The Balaban J connectivity index is 2.42. The zero-order chi connectivity index (χ0) is 13.5. The van der Waals surface area contributed by atoms with Gasteiger partial charge in [0, 0.05) is 6.42 Å². The molecule has 2 atom stereocenters. The van der Waals surface area contributed by atoms with Gasteiger partial charge in [-0.1, -0.05) is 0 Å². The number of rotatable bonds is 7. The summed E-state index contributed by atoms with van der Waals surface area (Å²) >= 11 is 0. The Labute approximate surface area is 105 Å². The summed E-state index contributed by atoms with van der Waals surface area (Å²) in [6.45, 7) is 0.499. The van der Waals surface area contributed by atoms with Crippen molar-refractivity contribution in [2.24, 2.45) is 5.73 Å². The van der Waals surface area contributed by atoms with Crippen molar-refractivity contribution in [2.45, 2.75) is 44.2 Å². The van der Waals surface area contributed by atoms with Crippen LogP contribution in [0.3, 0.4) is 0 Å². The molecule has 5 N–H and O–H groups in total. The first kappa shape index (κ1) is 14.4. The zero-order valence-corrected chi connectivity index (χ0v) is 10.1. The average molecular weight is 257 g/mol. The van der Waals surface area contributed by atoms with Gasteiger partial charge >= 0.3 is 5.97 Å². The maximum absolute atomic E-state index is 11.7. The van der Waals surface area contributed by atoms with E-state index in [1.165, 1.54) is 0 Å². The van der Waals surface area contributed by atoms with Crippen LogP contribution in [0.4, 0.5) is 0 Å². The molecule has 0 aromatic carbocycles. The first-order chi connectivity index (χ1) is 8.54. The van der Waals surface area contributed by atoms with Crippen LogP contribution in [0.25, 0.3) is 0 Å². The summed E-state index contributed by atoms with van der Waals surface area (Å²) in [6.07, 6.45) is 2.44. The molecule has 0 aliphatic carbocycles. The van der Waals surface area contributed by atoms with E-state index in [2.05, 4.69) is 10.6 Å². The Morgan fingerprint density at radius 2 is 2.22 bits per heavy atom. The van der Waals surface area contributed by atoms with Crippen molar-refractivity contribution in [3.05, 3.63) is 0 Å². The van der Waals surface area contributed by atoms with E-state index in [9.17, 15) is 14.4 Å². The van der Waals surface area contributed by atoms with E-state index in [4.69, 9.17) is 10.8 Å². The van der Waals surface area contributed by atoms with Gasteiger partial charge in [-0.15, -0.1) is 0 Å². The Bertz CT molecular complexity index is 332. The van der Waals surface area contributed by atoms with E-state index in [0.717, 1.165) is 6.42 Å². The van der Waals surface area contributed by atoms with E-state index in [1.807, 2.05) is 0 Å². The highest BCUT2D eigenvalue weighted by molar-refractivity contribution is 5.92. The van der Waals surface area contributed by atoms with Gasteiger partial charge in [-0.2, -0.15) is 0 Å². The maximum Gasteiger partial charge on any atom is 0.326 e. The summed E-state index contributed by atoms with van der Waals surface area (Å²) in [6, 6.07) is -1.52. The van der Waals surface area contributed by atoms with Gasteiger partial charge in [0.2, 0.25) is 11.8 Å². The van der Waals surface area contributed by atoms with E-state index in [1.54, 1.807) is 0 Å². The minimum Gasteiger partial charge on any atom is -0.480 e. The summed E-state index contributed by atoms with van der Waals surface area (Å²) in [4.78, 5) is 33.7. The van der Waals surface area contributed by atoms with Crippen LogP contribution in [0.15, 0.2) is 0 Å². The monoisotopic (exact) mass is 257 g/mol. The fraction of sp³-hybridized carbons (Fsp3) is 0.727. The lowest BCUT2D eigenvalue weighted by Crippen LogP contribution is -2.48. The number of amides is 2. The highest BCUT2D eigenvalue weighted by atomic mass is 16.4. The third-order valence-electron chi connectivity index (χ3n) is 2.87. The van der Waals surface area contributed by atoms with Crippen LogP contribution in [-0.4, -0.2) is 41.5 Å². The van der Waals surface area contributed by atoms with Gasteiger partial charge in [0.25, 0.3) is 0 Å². The van der Waals surface area contributed by atoms with Gasteiger partial charge < -0.3 is 21.5 Å². The first-order valence-electron chi connectivity index (χ1n) is 6.07. The molecule has 1 saturated heterocycles. The van der Waals surface area contributed by atoms with Crippen LogP contribution in [0.1, 0.15) is 32.1 Å². The van der Waals surface area contributed by atoms with Crippen LogP contribution >= 0.6 is 0 Å². The maximum atomic E-state index is 11.7. The standard InChI is InChI=1S/C11H19N3O4/c12-6-2-1-3-8(11(17)18)14-10(16)7-4-5-9(15)13-7/h7-8H,1-6,12H2,(H,13,15)(H,14,16)(H,17,18). The summed E-state index contributed by atoms with van der Waals surface area (Å²) in [5, 5.41) is 13.9. The van der Waals surface area contributed by atoms with E-state index in [-0.39, 0.29) is 5.91 Å². The Kier molecular flexibility index (Phi) is 5.57. The number of carbonyl (C=O) groups is 3. The summed E-state index contributed by atoms with van der Waals surface area (Å²) < 4.78 is 0. The largest absolute Gasteiger partial charge is 0.480 e. The molecule has 18 heavy (non-hydrogen) atoms. The normalized spacial score (nSPS) is 20.3. The first-order valence-corrected chi connectivity index (χ1v) is 6.07. The second kappa shape index (κ2) is 6.95. The predicted octanol–water partition coefficient (Wildman–Crippen LogP) is -1.04. The van der Waals surface area contributed by atoms with Gasteiger partial charge in [-0.05, 0) is 32.2 Å². The molecule has 0 radical (unpaired) electrons. The Hall–Kier alpha value is -1.63. The van der Waals surface area contributed by atoms with Gasteiger partial charge in [0.1, 0.15) is 12.1 Å². The number of nitrogens with one attached hydrogen (secondary N) is 2. The molecule has 1 aliphatic heterocycles. The smallest absolute Gasteiger partial charge is 0.326 e. The Morgan fingerprint density at radius 3 is 2.72 bits per heavy atom. The molecule has 102 valence electrons. The number of nitrogens with two attached hydrogens (primary N) is 1. The molecule has 2 unspecified atom stereocenters. The average Bonchev–Trinajstić information content (AvgIpc) is 2.74. The molecule has 0 aromatic heterocycles. The zero-order valence-electron chi connectivity index (χ0n) is 10.1. The van der Waals surface area contributed by atoms with Crippen molar-refractivity contribution in [3.8, 4) is 0 Å². The van der Waals surface area contributed by atoms with Crippen molar-refractivity contribution < 1.29 is 19.5 Å². The number of unbranched alkanes of at least 4 members (excludes halogenated alkanes) is 1. The molecular formula is C11H19N3O4. The van der Waals surface area contributed by atoms with Gasteiger partial charge in [-0.3, -0.25) is 9.59 Å². The van der Waals surface area contributed by atoms with Crippen LogP contribution in [0.2, 0.25) is 0 Å².